The maximum absolute atomic E-state index is 5.65. The van der Waals surface area contributed by atoms with E-state index in [1.54, 1.807) is 0 Å². The average molecular weight is 519 g/mol. The molecule has 28 heavy (non-hydrogen) atoms. The fraction of sp³-hybridized carbons (Fsp3) is 0.667. The van der Waals surface area contributed by atoms with E-state index in [0.717, 1.165) is 38.6 Å². The Hall–Kier alpha value is -0.510. The van der Waals surface area contributed by atoms with E-state index in [1.807, 2.05) is 18.8 Å². The lowest BCUT2D eigenvalue weighted by molar-refractivity contribution is 0.0354. The van der Waals surface area contributed by atoms with Gasteiger partial charge >= 0.3 is 0 Å². The third-order valence-corrected chi connectivity index (χ3v) is 6.81. The van der Waals surface area contributed by atoms with E-state index in [1.165, 1.54) is 29.9 Å². The van der Waals surface area contributed by atoms with Crippen molar-refractivity contribution in [3.63, 3.8) is 0 Å². The number of aliphatic imine (C=N–C) groups is 1. The van der Waals surface area contributed by atoms with Crippen molar-refractivity contribution in [3.8, 4) is 0 Å². The first-order valence-corrected chi connectivity index (χ1v) is 11.3. The van der Waals surface area contributed by atoms with Crippen LogP contribution in [0.3, 0.4) is 0 Å². The van der Waals surface area contributed by atoms with Gasteiger partial charge < -0.3 is 20.7 Å². The topological polar surface area (TPSA) is 57.7 Å². The molecule has 2 heterocycles. The van der Waals surface area contributed by atoms with Gasteiger partial charge in [0, 0.05) is 50.2 Å². The minimum Gasteiger partial charge on any atom is -0.381 e. The van der Waals surface area contributed by atoms with Crippen molar-refractivity contribution in [1.29, 1.82) is 0 Å². The Balaban J connectivity index is 0.00000280. The van der Waals surface area contributed by atoms with Crippen LogP contribution in [-0.4, -0.2) is 55.9 Å². The molecule has 0 saturated carbocycles. The summed E-state index contributed by atoms with van der Waals surface area (Å²) < 4.78 is 5.65. The van der Waals surface area contributed by atoms with Crippen LogP contribution in [0.15, 0.2) is 35.3 Å². The SMILES string of the molecule is CN=C(NCC1(NC(C)c2ccccc2)CCOCC1)NC1CCCSC1.I. The number of rotatable bonds is 6. The molecule has 158 valence electrons. The number of thioether (sulfide) groups is 1. The Morgan fingerprint density at radius 3 is 2.68 bits per heavy atom. The van der Waals surface area contributed by atoms with E-state index < -0.39 is 0 Å². The monoisotopic (exact) mass is 518 g/mol. The predicted octanol–water partition coefficient (Wildman–Crippen LogP) is 3.57. The number of nitrogens with one attached hydrogen (secondary N) is 3. The molecular formula is C21H35IN4OS. The standard InChI is InChI=1S/C21H34N4OS.HI/c1-17(18-7-4-3-5-8-18)25-21(10-12-26-13-11-21)16-23-20(22-2)24-19-9-6-14-27-15-19;/h3-5,7-8,17,19,25H,6,9-16H2,1-2H3,(H2,22,23,24);1H. The first kappa shape index (κ1) is 23.8. The van der Waals surface area contributed by atoms with Gasteiger partial charge in [0.25, 0.3) is 0 Å². The summed E-state index contributed by atoms with van der Waals surface area (Å²) in [5.74, 6) is 3.37. The van der Waals surface area contributed by atoms with Gasteiger partial charge in [-0.1, -0.05) is 30.3 Å². The van der Waals surface area contributed by atoms with E-state index in [0.29, 0.717) is 12.1 Å². The van der Waals surface area contributed by atoms with Crippen LogP contribution in [0.25, 0.3) is 0 Å². The molecule has 5 nitrogen and oxygen atoms in total. The second-order valence-electron chi connectivity index (χ2n) is 7.65. The largest absolute Gasteiger partial charge is 0.381 e. The molecule has 7 heteroatoms. The molecule has 2 unspecified atom stereocenters. The Labute approximate surface area is 191 Å². The van der Waals surface area contributed by atoms with Gasteiger partial charge in [-0.05, 0) is 43.9 Å². The molecule has 1 aromatic carbocycles. The fourth-order valence-electron chi connectivity index (χ4n) is 3.91. The highest BCUT2D eigenvalue weighted by Crippen LogP contribution is 2.25. The second kappa shape index (κ2) is 12.2. The molecule has 2 saturated heterocycles. The molecule has 3 N–H and O–H groups in total. The molecule has 2 fully saturated rings. The zero-order valence-electron chi connectivity index (χ0n) is 17.1. The van der Waals surface area contributed by atoms with Crippen LogP contribution in [-0.2, 0) is 4.74 Å². The zero-order valence-corrected chi connectivity index (χ0v) is 20.2. The van der Waals surface area contributed by atoms with Gasteiger partial charge in [0.2, 0.25) is 0 Å². The quantitative estimate of drug-likeness (QED) is 0.306. The number of benzene rings is 1. The lowest BCUT2D eigenvalue weighted by Gasteiger charge is -2.41. The number of guanidine groups is 1. The van der Waals surface area contributed by atoms with Crippen LogP contribution < -0.4 is 16.0 Å². The van der Waals surface area contributed by atoms with Crippen LogP contribution in [0.5, 0.6) is 0 Å². The van der Waals surface area contributed by atoms with Crippen LogP contribution in [0.2, 0.25) is 0 Å². The predicted molar refractivity (Wildman–Crippen MR) is 131 cm³/mol. The molecule has 0 spiro atoms. The van der Waals surface area contributed by atoms with E-state index in [-0.39, 0.29) is 29.5 Å². The number of halogens is 1. The molecule has 3 rings (SSSR count). The van der Waals surface area contributed by atoms with Gasteiger partial charge in [-0.25, -0.2) is 0 Å². The number of hydrogen-bond donors (Lipinski definition) is 3. The van der Waals surface area contributed by atoms with Crippen molar-refractivity contribution in [1.82, 2.24) is 16.0 Å². The van der Waals surface area contributed by atoms with Crippen molar-refractivity contribution < 1.29 is 4.74 Å². The molecule has 2 aliphatic heterocycles. The molecule has 1 aromatic rings. The van der Waals surface area contributed by atoms with Gasteiger partial charge in [-0.15, -0.1) is 24.0 Å². The highest BCUT2D eigenvalue weighted by molar-refractivity contribution is 14.0. The fourth-order valence-corrected chi connectivity index (χ4v) is 4.99. The Kier molecular flexibility index (Phi) is 10.4. The molecular weight excluding hydrogens is 483 g/mol. The van der Waals surface area contributed by atoms with Gasteiger partial charge in [0.05, 0.1) is 0 Å². The van der Waals surface area contributed by atoms with Crippen LogP contribution in [0, 0.1) is 0 Å². The zero-order chi connectivity index (χ0) is 19.0. The minimum atomic E-state index is 0. The van der Waals surface area contributed by atoms with Crippen molar-refractivity contribution in [3.05, 3.63) is 35.9 Å². The maximum atomic E-state index is 5.65. The summed E-state index contributed by atoms with van der Waals surface area (Å²) in [5, 5.41) is 11.1. The average Bonchev–Trinajstić information content (AvgIpc) is 2.73. The van der Waals surface area contributed by atoms with E-state index in [9.17, 15) is 0 Å². The third kappa shape index (κ3) is 7.07. The maximum Gasteiger partial charge on any atom is 0.191 e. The molecule has 0 radical (unpaired) electrons. The smallest absolute Gasteiger partial charge is 0.191 e. The van der Waals surface area contributed by atoms with Crippen LogP contribution in [0.1, 0.15) is 44.2 Å². The highest BCUT2D eigenvalue weighted by atomic mass is 127. The summed E-state index contributed by atoms with van der Waals surface area (Å²) in [6.07, 6.45) is 4.54. The molecule has 2 atom stereocenters. The second-order valence-corrected chi connectivity index (χ2v) is 8.80. The minimum absolute atomic E-state index is 0. The Morgan fingerprint density at radius 2 is 2.04 bits per heavy atom. The van der Waals surface area contributed by atoms with Crippen LogP contribution in [0.4, 0.5) is 0 Å². The first-order chi connectivity index (χ1) is 13.2. The van der Waals surface area contributed by atoms with E-state index >= 15 is 0 Å². The van der Waals surface area contributed by atoms with Gasteiger partial charge in [-0.2, -0.15) is 11.8 Å². The molecule has 0 amide bonds. The summed E-state index contributed by atoms with van der Waals surface area (Å²) >= 11 is 2.03. The summed E-state index contributed by atoms with van der Waals surface area (Å²) in [7, 11) is 1.86. The molecule has 0 bridgehead atoms. The van der Waals surface area contributed by atoms with Crippen molar-refractivity contribution in [2.24, 2.45) is 4.99 Å². The molecule has 2 aliphatic rings. The van der Waals surface area contributed by atoms with E-state index in [2.05, 4.69) is 58.2 Å². The summed E-state index contributed by atoms with van der Waals surface area (Å²) in [5.41, 5.74) is 1.34. The first-order valence-electron chi connectivity index (χ1n) is 10.2. The third-order valence-electron chi connectivity index (χ3n) is 5.59. The lowest BCUT2D eigenvalue weighted by atomic mass is 9.88. The Bertz CT molecular complexity index is 589. The highest BCUT2D eigenvalue weighted by Gasteiger charge is 2.34. The van der Waals surface area contributed by atoms with Gasteiger partial charge in [0.1, 0.15) is 0 Å². The van der Waals surface area contributed by atoms with E-state index in [4.69, 9.17) is 4.74 Å². The molecule has 0 aliphatic carbocycles. The molecule has 0 aromatic heterocycles. The van der Waals surface area contributed by atoms with Crippen LogP contribution >= 0.6 is 35.7 Å². The van der Waals surface area contributed by atoms with Crippen molar-refractivity contribution >= 4 is 41.7 Å². The summed E-state index contributed by atoms with van der Waals surface area (Å²) in [6.45, 7) is 4.72. The number of nitrogens with zero attached hydrogens (tertiary/aromatic N) is 1. The summed E-state index contributed by atoms with van der Waals surface area (Å²) in [4.78, 5) is 4.46. The van der Waals surface area contributed by atoms with Gasteiger partial charge in [0.15, 0.2) is 5.96 Å². The van der Waals surface area contributed by atoms with Crippen molar-refractivity contribution in [2.75, 3.05) is 38.3 Å². The van der Waals surface area contributed by atoms with Crippen molar-refractivity contribution in [2.45, 2.75) is 50.2 Å². The lowest BCUT2D eigenvalue weighted by Crippen LogP contribution is -2.59. The number of ether oxygens (including phenoxy) is 1. The summed E-state index contributed by atoms with van der Waals surface area (Å²) in [6, 6.07) is 11.5. The normalized spacial score (nSPS) is 23.4. The number of hydrogen-bond acceptors (Lipinski definition) is 4. The van der Waals surface area contributed by atoms with Gasteiger partial charge in [-0.3, -0.25) is 4.99 Å². The Morgan fingerprint density at radius 1 is 1.29 bits per heavy atom.